The average Bonchev–Trinajstić information content (AvgIpc) is 3.14. The summed E-state index contributed by atoms with van der Waals surface area (Å²) in [5, 5.41) is 7.91. The van der Waals surface area contributed by atoms with Crippen LogP contribution in [-0.2, 0) is 16.3 Å². The molecule has 0 unspecified atom stereocenters. The lowest BCUT2D eigenvalue weighted by Crippen LogP contribution is -2.17. The first kappa shape index (κ1) is 13.9. The molecule has 1 aliphatic carbocycles. The van der Waals surface area contributed by atoms with E-state index in [0.717, 1.165) is 41.5 Å². The molecule has 22 heavy (non-hydrogen) atoms. The number of thioether (sulfide) groups is 1. The fourth-order valence-corrected chi connectivity index (χ4v) is 3.96. The number of hydrogen-bond donors (Lipinski definition) is 1. The van der Waals surface area contributed by atoms with Gasteiger partial charge in [-0.05, 0) is 38.3 Å². The van der Waals surface area contributed by atoms with Crippen LogP contribution in [-0.4, -0.2) is 15.7 Å². The standard InChI is InChI=1S/C17H19N3OS/c1-10-3-6-15(11(2)7-10)20-16(18-17(21)12-4-5-12)13-8-22-9-14(13)19-20/h3,6-7,12H,4-5,8-9H2,1-2H3,(H,18,21). The van der Waals surface area contributed by atoms with Crippen molar-refractivity contribution in [3.8, 4) is 5.69 Å². The summed E-state index contributed by atoms with van der Waals surface area (Å²) in [6.07, 6.45) is 2.03. The van der Waals surface area contributed by atoms with E-state index in [-0.39, 0.29) is 11.8 Å². The molecule has 4 rings (SSSR count). The molecule has 1 aromatic carbocycles. The summed E-state index contributed by atoms with van der Waals surface area (Å²) in [5.74, 6) is 3.08. The first-order valence-corrected chi connectivity index (χ1v) is 8.86. The van der Waals surface area contributed by atoms with Crippen LogP contribution in [0, 0.1) is 19.8 Å². The number of aryl methyl sites for hydroxylation is 2. The highest BCUT2D eigenvalue weighted by atomic mass is 32.2. The van der Waals surface area contributed by atoms with E-state index in [4.69, 9.17) is 5.10 Å². The van der Waals surface area contributed by atoms with Crippen LogP contribution >= 0.6 is 11.8 Å². The molecule has 2 heterocycles. The zero-order chi connectivity index (χ0) is 15.3. The summed E-state index contributed by atoms with van der Waals surface area (Å²) in [6.45, 7) is 4.18. The predicted octanol–water partition coefficient (Wildman–Crippen LogP) is 3.58. The molecule has 2 aliphatic rings. The highest BCUT2D eigenvalue weighted by Gasteiger charge is 2.32. The molecule has 0 radical (unpaired) electrons. The Hall–Kier alpha value is -1.75. The summed E-state index contributed by atoms with van der Waals surface area (Å²) in [7, 11) is 0. The first-order valence-electron chi connectivity index (χ1n) is 7.70. The van der Waals surface area contributed by atoms with Crippen LogP contribution in [0.3, 0.4) is 0 Å². The molecule has 0 bridgehead atoms. The van der Waals surface area contributed by atoms with Crippen molar-refractivity contribution in [1.82, 2.24) is 9.78 Å². The van der Waals surface area contributed by atoms with Gasteiger partial charge in [0.05, 0.1) is 11.4 Å². The molecule has 0 saturated heterocycles. The minimum atomic E-state index is 0.144. The van der Waals surface area contributed by atoms with Crippen LogP contribution in [0.4, 0.5) is 5.82 Å². The highest BCUT2D eigenvalue weighted by Crippen LogP contribution is 2.38. The normalized spacial score (nSPS) is 16.6. The van der Waals surface area contributed by atoms with Gasteiger partial charge in [-0.3, -0.25) is 4.79 Å². The Balaban J connectivity index is 1.79. The molecular formula is C17H19N3OS. The number of nitrogens with zero attached hydrogens (tertiary/aromatic N) is 2. The maximum Gasteiger partial charge on any atom is 0.228 e. The van der Waals surface area contributed by atoms with Crippen molar-refractivity contribution in [2.24, 2.45) is 5.92 Å². The Morgan fingerprint density at radius 2 is 2.14 bits per heavy atom. The molecule has 4 nitrogen and oxygen atoms in total. The smallest absolute Gasteiger partial charge is 0.228 e. The molecular weight excluding hydrogens is 294 g/mol. The Kier molecular flexibility index (Phi) is 3.26. The van der Waals surface area contributed by atoms with E-state index in [2.05, 4.69) is 37.4 Å². The van der Waals surface area contributed by atoms with Gasteiger partial charge in [-0.25, -0.2) is 4.68 Å². The molecule has 1 N–H and O–H groups in total. The van der Waals surface area contributed by atoms with E-state index >= 15 is 0 Å². The van der Waals surface area contributed by atoms with Gasteiger partial charge in [0.15, 0.2) is 0 Å². The van der Waals surface area contributed by atoms with E-state index in [1.807, 2.05) is 16.4 Å². The number of amides is 1. The SMILES string of the molecule is Cc1ccc(-n2nc3c(c2NC(=O)C2CC2)CSC3)c(C)c1. The second kappa shape index (κ2) is 5.16. The Morgan fingerprint density at radius 3 is 2.86 bits per heavy atom. The third-order valence-electron chi connectivity index (χ3n) is 4.32. The maximum atomic E-state index is 12.2. The number of rotatable bonds is 3. The van der Waals surface area contributed by atoms with Crippen LogP contribution in [0.25, 0.3) is 5.69 Å². The van der Waals surface area contributed by atoms with Crippen LogP contribution in [0.15, 0.2) is 18.2 Å². The number of aromatic nitrogens is 2. The van der Waals surface area contributed by atoms with Crippen molar-refractivity contribution in [2.45, 2.75) is 38.2 Å². The van der Waals surface area contributed by atoms with Gasteiger partial charge in [0, 0.05) is 23.0 Å². The largest absolute Gasteiger partial charge is 0.310 e. The van der Waals surface area contributed by atoms with Gasteiger partial charge in [-0.15, -0.1) is 0 Å². The van der Waals surface area contributed by atoms with E-state index < -0.39 is 0 Å². The van der Waals surface area contributed by atoms with Crippen LogP contribution in [0.2, 0.25) is 0 Å². The second-order valence-electron chi connectivity index (χ2n) is 6.23. The third-order valence-corrected chi connectivity index (χ3v) is 5.29. The lowest BCUT2D eigenvalue weighted by Gasteiger charge is -2.13. The monoisotopic (exact) mass is 313 g/mol. The van der Waals surface area contributed by atoms with Crippen molar-refractivity contribution in [3.05, 3.63) is 40.6 Å². The second-order valence-corrected chi connectivity index (χ2v) is 7.22. The lowest BCUT2D eigenvalue weighted by molar-refractivity contribution is -0.117. The van der Waals surface area contributed by atoms with Gasteiger partial charge >= 0.3 is 0 Å². The molecule has 114 valence electrons. The van der Waals surface area contributed by atoms with Crippen LogP contribution in [0.5, 0.6) is 0 Å². The molecule has 2 aromatic rings. The Labute approximate surface area is 134 Å². The van der Waals surface area contributed by atoms with Crippen LogP contribution in [0.1, 0.15) is 35.2 Å². The minimum Gasteiger partial charge on any atom is -0.310 e. The minimum absolute atomic E-state index is 0.144. The average molecular weight is 313 g/mol. The fraction of sp³-hybridized carbons (Fsp3) is 0.412. The van der Waals surface area contributed by atoms with Crippen molar-refractivity contribution >= 4 is 23.5 Å². The molecule has 0 atom stereocenters. The van der Waals surface area contributed by atoms with Gasteiger partial charge in [-0.2, -0.15) is 16.9 Å². The number of hydrogen-bond acceptors (Lipinski definition) is 3. The van der Waals surface area contributed by atoms with E-state index in [1.165, 1.54) is 16.7 Å². The molecule has 5 heteroatoms. The first-order chi connectivity index (χ1) is 10.6. The Morgan fingerprint density at radius 1 is 1.32 bits per heavy atom. The van der Waals surface area contributed by atoms with Gasteiger partial charge in [0.25, 0.3) is 0 Å². The van der Waals surface area contributed by atoms with Gasteiger partial charge in [-0.1, -0.05) is 17.7 Å². The number of nitrogens with one attached hydrogen (secondary N) is 1. The summed E-state index contributed by atoms with van der Waals surface area (Å²) in [5.41, 5.74) is 5.77. The quantitative estimate of drug-likeness (QED) is 0.942. The van der Waals surface area contributed by atoms with Crippen molar-refractivity contribution in [3.63, 3.8) is 0 Å². The summed E-state index contributed by atoms with van der Waals surface area (Å²) < 4.78 is 1.93. The maximum absolute atomic E-state index is 12.2. The van der Waals surface area contributed by atoms with Gasteiger partial charge in [0.2, 0.25) is 5.91 Å². The van der Waals surface area contributed by atoms with Gasteiger partial charge < -0.3 is 5.32 Å². The number of benzene rings is 1. The summed E-state index contributed by atoms with van der Waals surface area (Å²) in [6, 6.07) is 6.34. The van der Waals surface area contributed by atoms with Crippen LogP contribution < -0.4 is 5.32 Å². The predicted molar refractivity (Wildman–Crippen MR) is 89.4 cm³/mol. The molecule has 1 amide bonds. The van der Waals surface area contributed by atoms with E-state index in [9.17, 15) is 4.79 Å². The van der Waals surface area contributed by atoms with E-state index in [1.54, 1.807) is 0 Å². The van der Waals surface area contributed by atoms with E-state index in [0.29, 0.717) is 0 Å². The molecule has 0 spiro atoms. The summed E-state index contributed by atoms with van der Waals surface area (Å²) in [4.78, 5) is 12.2. The molecule has 1 fully saturated rings. The summed E-state index contributed by atoms with van der Waals surface area (Å²) >= 11 is 1.86. The van der Waals surface area contributed by atoms with Gasteiger partial charge in [0.1, 0.15) is 5.82 Å². The van der Waals surface area contributed by atoms with Crippen molar-refractivity contribution < 1.29 is 4.79 Å². The zero-order valence-corrected chi connectivity index (χ0v) is 13.7. The Bertz CT molecular complexity index is 762. The molecule has 1 saturated carbocycles. The number of fused-ring (bicyclic) bond motifs is 1. The third kappa shape index (κ3) is 2.33. The van der Waals surface area contributed by atoms with Crippen molar-refractivity contribution in [2.75, 3.05) is 5.32 Å². The number of carbonyl (C=O) groups is 1. The molecule has 1 aromatic heterocycles. The van der Waals surface area contributed by atoms with Crippen molar-refractivity contribution in [1.29, 1.82) is 0 Å². The highest BCUT2D eigenvalue weighted by molar-refractivity contribution is 7.98. The fourth-order valence-electron chi connectivity index (χ4n) is 2.92. The number of carbonyl (C=O) groups excluding carboxylic acids is 1. The number of anilines is 1. The zero-order valence-electron chi connectivity index (χ0n) is 12.8. The molecule has 1 aliphatic heterocycles. The topological polar surface area (TPSA) is 46.9 Å². The lowest BCUT2D eigenvalue weighted by atomic mass is 10.1.